The third-order valence-corrected chi connectivity index (χ3v) is 6.36. The van der Waals surface area contributed by atoms with Crippen molar-refractivity contribution < 1.29 is 9.53 Å². The van der Waals surface area contributed by atoms with Crippen molar-refractivity contribution in [3.8, 4) is 11.4 Å². The van der Waals surface area contributed by atoms with Crippen molar-refractivity contribution in [2.24, 2.45) is 0 Å². The molecule has 0 radical (unpaired) electrons. The van der Waals surface area contributed by atoms with E-state index >= 15 is 0 Å². The van der Waals surface area contributed by atoms with Crippen molar-refractivity contribution in [3.63, 3.8) is 0 Å². The molecule has 1 fully saturated rings. The quantitative estimate of drug-likeness (QED) is 0.622. The monoisotopic (exact) mass is 416 g/mol. The summed E-state index contributed by atoms with van der Waals surface area (Å²) < 4.78 is 7.93. The summed E-state index contributed by atoms with van der Waals surface area (Å²) in [6.07, 6.45) is 3.84. The standard InChI is InChI=1S/C25H28N4O2/c1-3-31-22-8-5-4-7-19(22)26-24(30)28-15-12-25(13-16-28)23-9-6-14-29(23)21-11-10-18(2)17-20(21)27-25/h4-11,14,17,27H,3,12-13,15-16H2,1-2H3,(H,26,30). The van der Waals surface area contributed by atoms with E-state index in [4.69, 9.17) is 4.74 Å². The van der Waals surface area contributed by atoms with E-state index in [0.717, 1.165) is 18.5 Å². The van der Waals surface area contributed by atoms with Gasteiger partial charge in [-0.3, -0.25) is 0 Å². The molecule has 2 aliphatic heterocycles. The van der Waals surface area contributed by atoms with Gasteiger partial charge in [0, 0.05) is 25.0 Å². The van der Waals surface area contributed by atoms with Gasteiger partial charge in [0.25, 0.3) is 0 Å². The van der Waals surface area contributed by atoms with E-state index in [-0.39, 0.29) is 11.6 Å². The van der Waals surface area contributed by atoms with E-state index in [0.29, 0.717) is 31.1 Å². The van der Waals surface area contributed by atoms with Gasteiger partial charge in [0.1, 0.15) is 5.75 Å². The molecule has 6 nitrogen and oxygen atoms in total. The first-order valence-electron chi connectivity index (χ1n) is 10.9. The number of nitrogens with one attached hydrogen (secondary N) is 2. The lowest BCUT2D eigenvalue weighted by atomic mass is 9.82. The Morgan fingerprint density at radius 3 is 2.74 bits per heavy atom. The predicted molar refractivity (Wildman–Crippen MR) is 123 cm³/mol. The Kier molecular flexibility index (Phi) is 4.85. The minimum atomic E-state index is -0.162. The van der Waals surface area contributed by atoms with Crippen LogP contribution in [0.2, 0.25) is 0 Å². The van der Waals surface area contributed by atoms with Gasteiger partial charge in [0.05, 0.1) is 29.2 Å². The molecule has 2 aliphatic rings. The second-order valence-corrected chi connectivity index (χ2v) is 8.34. The van der Waals surface area contributed by atoms with Crippen molar-refractivity contribution in [2.75, 3.05) is 30.3 Å². The van der Waals surface area contributed by atoms with Gasteiger partial charge in [-0.2, -0.15) is 0 Å². The lowest BCUT2D eigenvalue weighted by Crippen LogP contribution is -2.51. The van der Waals surface area contributed by atoms with Crippen molar-refractivity contribution in [1.82, 2.24) is 9.47 Å². The largest absolute Gasteiger partial charge is 0.492 e. The number of para-hydroxylation sites is 2. The minimum Gasteiger partial charge on any atom is -0.492 e. The first-order valence-corrected chi connectivity index (χ1v) is 10.9. The van der Waals surface area contributed by atoms with Gasteiger partial charge in [-0.15, -0.1) is 0 Å². The number of carbonyl (C=O) groups excluding carboxylic acids is 1. The van der Waals surface area contributed by atoms with E-state index in [1.807, 2.05) is 36.1 Å². The number of rotatable bonds is 3. The zero-order chi connectivity index (χ0) is 21.4. The van der Waals surface area contributed by atoms with Gasteiger partial charge >= 0.3 is 6.03 Å². The highest BCUT2D eigenvalue weighted by Crippen LogP contribution is 2.43. The molecule has 31 heavy (non-hydrogen) atoms. The zero-order valence-corrected chi connectivity index (χ0v) is 18.0. The van der Waals surface area contributed by atoms with Crippen LogP contribution in [-0.2, 0) is 5.54 Å². The van der Waals surface area contributed by atoms with Crippen LogP contribution >= 0.6 is 0 Å². The van der Waals surface area contributed by atoms with Gasteiger partial charge in [0.2, 0.25) is 0 Å². The maximum absolute atomic E-state index is 13.0. The van der Waals surface area contributed by atoms with Crippen molar-refractivity contribution >= 4 is 17.4 Å². The Bertz CT molecular complexity index is 1110. The molecule has 2 aromatic carbocycles. The topological polar surface area (TPSA) is 58.5 Å². The average molecular weight is 417 g/mol. The molecule has 0 aliphatic carbocycles. The second kappa shape index (κ2) is 7.69. The summed E-state index contributed by atoms with van der Waals surface area (Å²) in [6.45, 7) is 5.98. The molecule has 3 aromatic rings. The first-order chi connectivity index (χ1) is 15.1. The molecule has 2 amide bonds. The number of urea groups is 1. The van der Waals surface area contributed by atoms with Crippen LogP contribution in [0.25, 0.3) is 5.69 Å². The third-order valence-electron chi connectivity index (χ3n) is 6.36. The molecule has 0 bridgehead atoms. The number of nitrogens with zero attached hydrogens (tertiary/aromatic N) is 2. The van der Waals surface area contributed by atoms with Gasteiger partial charge in [-0.1, -0.05) is 18.2 Å². The van der Waals surface area contributed by atoms with Gasteiger partial charge in [0.15, 0.2) is 0 Å². The Morgan fingerprint density at radius 2 is 1.94 bits per heavy atom. The van der Waals surface area contributed by atoms with Gasteiger partial charge in [-0.05, 0) is 68.7 Å². The summed E-state index contributed by atoms with van der Waals surface area (Å²) >= 11 is 0. The summed E-state index contributed by atoms with van der Waals surface area (Å²) in [5, 5.41) is 6.86. The first kappa shape index (κ1) is 19.5. The van der Waals surface area contributed by atoms with Crippen molar-refractivity contribution in [2.45, 2.75) is 32.2 Å². The highest BCUT2D eigenvalue weighted by molar-refractivity contribution is 5.91. The van der Waals surface area contributed by atoms with Crippen LogP contribution < -0.4 is 15.4 Å². The molecule has 0 saturated carbocycles. The number of likely N-dealkylation sites (tertiary alicyclic amines) is 1. The Balaban J connectivity index is 1.33. The molecule has 1 spiro atoms. The zero-order valence-electron chi connectivity index (χ0n) is 18.0. The van der Waals surface area contributed by atoms with Crippen LogP contribution in [0.3, 0.4) is 0 Å². The number of piperidine rings is 1. The fourth-order valence-corrected chi connectivity index (χ4v) is 4.78. The van der Waals surface area contributed by atoms with E-state index < -0.39 is 0 Å². The molecule has 2 N–H and O–H groups in total. The predicted octanol–water partition coefficient (Wildman–Crippen LogP) is 5.13. The molecule has 1 aromatic heterocycles. The molecule has 5 rings (SSSR count). The number of hydrogen-bond acceptors (Lipinski definition) is 3. The fraction of sp³-hybridized carbons (Fsp3) is 0.320. The van der Waals surface area contributed by atoms with Crippen LogP contribution in [0.5, 0.6) is 5.75 Å². The number of benzene rings is 2. The van der Waals surface area contributed by atoms with Gasteiger partial charge in [-0.25, -0.2) is 4.79 Å². The summed E-state index contributed by atoms with van der Waals surface area (Å²) in [7, 11) is 0. The SMILES string of the molecule is CCOc1ccccc1NC(=O)N1CCC2(CC1)Nc1cc(C)ccc1-n1cccc12. The summed E-state index contributed by atoms with van der Waals surface area (Å²) in [6, 6.07) is 18.3. The molecule has 6 heteroatoms. The Hall–Kier alpha value is -3.41. The minimum absolute atomic E-state index is 0.0792. The fourth-order valence-electron chi connectivity index (χ4n) is 4.78. The van der Waals surface area contributed by atoms with Crippen LogP contribution in [0.4, 0.5) is 16.2 Å². The molecule has 1 saturated heterocycles. The van der Waals surface area contributed by atoms with Crippen LogP contribution in [-0.4, -0.2) is 35.2 Å². The van der Waals surface area contributed by atoms with Gasteiger partial charge < -0.3 is 24.8 Å². The number of fused-ring (bicyclic) bond motifs is 4. The number of aryl methyl sites for hydroxylation is 1. The number of amides is 2. The molecule has 0 atom stereocenters. The smallest absolute Gasteiger partial charge is 0.321 e. The number of anilines is 2. The lowest BCUT2D eigenvalue weighted by Gasteiger charge is -2.46. The maximum atomic E-state index is 13.0. The van der Waals surface area contributed by atoms with E-state index in [1.165, 1.54) is 16.9 Å². The number of ether oxygens (including phenoxy) is 1. The average Bonchev–Trinajstić information content (AvgIpc) is 3.27. The van der Waals surface area contributed by atoms with Crippen molar-refractivity contribution in [3.05, 3.63) is 72.1 Å². The highest BCUT2D eigenvalue weighted by Gasteiger charge is 2.42. The summed E-state index contributed by atoms with van der Waals surface area (Å²) in [5.41, 5.74) is 5.40. The second-order valence-electron chi connectivity index (χ2n) is 8.34. The lowest BCUT2D eigenvalue weighted by molar-refractivity contribution is 0.174. The molecule has 3 heterocycles. The van der Waals surface area contributed by atoms with E-state index in [2.05, 4.69) is 58.7 Å². The molecular weight excluding hydrogens is 388 g/mol. The summed E-state index contributed by atoms with van der Waals surface area (Å²) in [4.78, 5) is 14.9. The van der Waals surface area contributed by atoms with Crippen LogP contribution in [0, 0.1) is 6.92 Å². The van der Waals surface area contributed by atoms with E-state index in [1.54, 1.807) is 0 Å². The molecule has 160 valence electrons. The van der Waals surface area contributed by atoms with Crippen molar-refractivity contribution in [1.29, 1.82) is 0 Å². The summed E-state index contributed by atoms with van der Waals surface area (Å²) in [5.74, 6) is 0.700. The number of hydrogen-bond donors (Lipinski definition) is 2. The Labute approximate surface area is 182 Å². The normalized spacial score (nSPS) is 16.3. The Morgan fingerprint density at radius 1 is 1.13 bits per heavy atom. The number of aromatic nitrogens is 1. The van der Waals surface area contributed by atoms with Crippen LogP contribution in [0.1, 0.15) is 31.0 Å². The highest BCUT2D eigenvalue weighted by atomic mass is 16.5. The molecule has 0 unspecified atom stereocenters. The van der Waals surface area contributed by atoms with Crippen LogP contribution in [0.15, 0.2) is 60.8 Å². The van der Waals surface area contributed by atoms with E-state index in [9.17, 15) is 4.79 Å². The maximum Gasteiger partial charge on any atom is 0.321 e. The molecular formula is C25H28N4O2. The number of carbonyl (C=O) groups is 1. The third kappa shape index (κ3) is 3.42.